The van der Waals surface area contributed by atoms with Crippen LogP contribution in [0.15, 0.2) is 48.8 Å². The number of aromatic nitrogens is 5. The SMILES string of the molecule is COc1cc(-c2ccn3nc(Nc4cccc(N5CC[C@H](N(C)C)C5)n4)cc3n2)cnc1OC. The normalized spacial score (nSPS) is 15.8. The van der Waals surface area contributed by atoms with Crippen molar-refractivity contribution in [3.63, 3.8) is 0 Å². The molecule has 0 radical (unpaired) electrons. The van der Waals surface area contributed by atoms with Crippen LogP contribution in [0.25, 0.3) is 16.9 Å². The van der Waals surface area contributed by atoms with Gasteiger partial charge in [0.1, 0.15) is 11.6 Å². The molecule has 0 saturated carbocycles. The van der Waals surface area contributed by atoms with E-state index in [0.29, 0.717) is 29.1 Å². The molecule has 1 N–H and O–H groups in total. The summed E-state index contributed by atoms with van der Waals surface area (Å²) in [6.07, 6.45) is 4.72. The van der Waals surface area contributed by atoms with Crippen molar-refractivity contribution in [3.8, 4) is 22.9 Å². The van der Waals surface area contributed by atoms with E-state index in [0.717, 1.165) is 42.4 Å². The molecule has 0 aliphatic carbocycles. The van der Waals surface area contributed by atoms with E-state index in [4.69, 9.17) is 19.4 Å². The highest BCUT2D eigenvalue weighted by atomic mass is 16.5. The van der Waals surface area contributed by atoms with Gasteiger partial charge in [-0.05, 0) is 44.8 Å². The molecule has 1 atom stereocenters. The first-order valence-corrected chi connectivity index (χ1v) is 11.1. The first kappa shape index (κ1) is 21.9. The van der Waals surface area contributed by atoms with Crippen molar-refractivity contribution in [2.45, 2.75) is 12.5 Å². The van der Waals surface area contributed by atoms with Gasteiger partial charge < -0.3 is 24.6 Å². The molecule has 10 heteroatoms. The fraction of sp³-hybridized carbons (Fsp3) is 0.333. The van der Waals surface area contributed by atoms with Gasteiger partial charge in [-0.1, -0.05) is 6.07 Å². The summed E-state index contributed by atoms with van der Waals surface area (Å²) in [5.41, 5.74) is 2.29. The third kappa shape index (κ3) is 4.32. The molecule has 0 amide bonds. The topological polar surface area (TPSA) is 92.9 Å². The smallest absolute Gasteiger partial charge is 0.256 e. The molecule has 4 aromatic rings. The molecule has 1 aliphatic heterocycles. The van der Waals surface area contributed by atoms with Gasteiger partial charge in [0.15, 0.2) is 17.2 Å². The Morgan fingerprint density at radius 2 is 1.94 bits per heavy atom. The maximum absolute atomic E-state index is 5.36. The van der Waals surface area contributed by atoms with Crippen molar-refractivity contribution < 1.29 is 9.47 Å². The van der Waals surface area contributed by atoms with Gasteiger partial charge in [0.2, 0.25) is 0 Å². The fourth-order valence-electron chi connectivity index (χ4n) is 4.14. The molecule has 1 aliphatic rings. The van der Waals surface area contributed by atoms with E-state index < -0.39 is 0 Å². The van der Waals surface area contributed by atoms with Crippen molar-refractivity contribution in [1.82, 2.24) is 29.5 Å². The highest BCUT2D eigenvalue weighted by Gasteiger charge is 2.25. The minimum Gasteiger partial charge on any atom is -0.491 e. The van der Waals surface area contributed by atoms with Gasteiger partial charge in [-0.2, -0.15) is 0 Å². The summed E-state index contributed by atoms with van der Waals surface area (Å²) >= 11 is 0. The van der Waals surface area contributed by atoms with E-state index in [1.54, 1.807) is 24.9 Å². The first-order valence-electron chi connectivity index (χ1n) is 11.1. The maximum Gasteiger partial charge on any atom is 0.256 e. The lowest BCUT2D eigenvalue weighted by Gasteiger charge is -2.21. The van der Waals surface area contributed by atoms with Crippen LogP contribution in [-0.4, -0.2) is 76.9 Å². The molecule has 1 saturated heterocycles. The van der Waals surface area contributed by atoms with Crippen LogP contribution in [0.1, 0.15) is 6.42 Å². The highest BCUT2D eigenvalue weighted by Crippen LogP contribution is 2.29. The summed E-state index contributed by atoms with van der Waals surface area (Å²) in [7, 11) is 7.40. The van der Waals surface area contributed by atoms with E-state index in [1.165, 1.54) is 0 Å². The largest absolute Gasteiger partial charge is 0.491 e. The standard InChI is InChI=1S/C24H28N8O2/c1-30(2)17-8-10-31(15-17)22-7-5-6-20(28-22)27-21-13-23-26-18(9-11-32(23)29-21)16-12-19(33-3)24(34-4)25-14-16/h5-7,9,11-14,17H,8,10,15H2,1-4H3,(H,27,28,29)/t17-/m0/s1. The number of fused-ring (bicyclic) bond motifs is 1. The first-order chi connectivity index (χ1) is 16.5. The van der Waals surface area contributed by atoms with E-state index >= 15 is 0 Å². The van der Waals surface area contributed by atoms with E-state index in [2.05, 4.69) is 45.4 Å². The third-order valence-electron chi connectivity index (χ3n) is 6.06. The average molecular weight is 461 g/mol. The van der Waals surface area contributed by atoms with E-state index in [1.807, 2.05) is 36.5 Å². The number of hydrogen-bond donors (Lipinski definition) is 1. The van der Waals surface area contributed by atoms with Crippen LogP contribution in [-0.2, 0) is 0 Å². The Hall–Kier alpha value is -3.92. The number of hydrogen-bond acceptors (Lipinski definition) is 9. The van der Waals surface area contributed by atoms with Crippen molar-refractivity contribution in [2.24, 2.45) is 0 Å². The van der Waals surface area contributed by atoms with Crippen LogP contribution in [0, 0.1) is 0 Å². The number of anilines is 3. The number of rotatable bonds is 7. The van der Waals surface area contributed by atoms with E-state index in [-0.39, 0.29) is 0 Å². The van der Waals surface area contributed by atoms with Gasteiger partial charge >= 0.3 is 0 Å². The molecule has 0 bridgehead atoms. The highest BCUT2D eigenvalue weighted by molar-refractivity contribution is 5.66. The molecule has 0 spiro atoms. The zero-order valence-electron chi connectivity index (χ0n) is 19.8. The quantitative estimate of drug-likeness (QED) is 0.447. The van der Waals surface area contributed by atoms with Crippen molar-refractivity contribution in [1.29, 1.82) is 0 Å². The van der Waals surface area contributed by atoms with Crippen LogP contribution in [0.5, 0.6) is 11.6 Å². The lowest BCUT2D eigenvalue weighted by atomic mass is 10.2. The van der Waals surface area contributed by atoms with Crippen molar-refractivity contribution in [2.75, 3.05) is 51.6 Å². The second-order valence-corrected chi connectivity index (χ2v) is 8.44. The Bertz CT molecular complexity index is 1310. The summed E-state index contributed by atoms with van der Waals surface area (Å²) in [4.78, 5) is 18.4. The van der Waals surface area contributed by atoms with Gasteiger partial charge in [0.25, 0.3) is 5.88 Å². The van der Waals surface area contributed by atoms with Crippen LogP contribution < -0.4 is 19.7 Å². The number of methoxy groups -OCH3 is 2. The molecule has 5 rings (SSSR count). The van der Waals surface area contributed by atoms with Crippen LogP contribution in [0.3, 0.4) is 0 Å². The van der Waals surface area contributed by atoms with Crippen molar-refractivity contribution >= 4 is 23.1 Å². The number of pyridine rings is 2. The van der Waals surface area contributed by atoms with Gasteiger partial charge in [0.05, 0.1) is 19.9 Å². The molecule has 4 aromatic heterocycles. The molecule has 176 valence electrons. The summed E-state index contributed by atoms with van der Waals surface area (Å²) < 4.78 is 12.3. The van der Waals surface area contributed by atoms with Crippen LogP contribution >= 0.6 is 0 Å². The Morgan fingerprint density at radius 1 is 1.06 bits per heavy atom. The van der Waals surface area contributed by atoms with Crippen LogP contribution in [0.4, 0.5) is 17.5 Å². The molecule has 0 aromatic carbocycles. The van der Waals surface area contributed by atoms with Crippen LogP contribution in [0.2, 0.25) is 0 Å². The molecule has 0 unspecified atom stereocenters. The number of likely N-dealkylation sites (N-methyl/N-ethyl adjacent to an activating group) is 1. The Balaban J connectivity index is 1.36. The molecule has 10 nitrogen and oxygen atoms in total. The second kappa shape index (κ2) is 9.14. The number of ether oxygens (including phenoxy) is 2. The lowest BCUT2D eigenvalue weighted by molar-refractivity contribution is 0.315. The van der Waals surface area contributed by atoms with E-state index in [9.17, 15) is 0 Å². The Morgan fingerprint density at radius 3 is 2.71 bits per heavy atom. The second-order valence-electron chi connectivity index (χ2n) is 8.44. The fourth-order valence-corrected chi connectivity index (χ4v) is 4.14. The molecular weight excluding hydrogens is 432 g/mol. The summed E-state index contributed by atoms with van der Waals surface area (Å²) in [5.74, 6) is 3.38. The zero-order valence-corrected chi connectivity index (χ0v) is 19.8. The van der Waals surface area contributed by atoms with Gasteiger partial charge in [-0.25, -0.2) is 19.5 Å². The lowest BCUT2D eigenvalue weighted by Crippen LogP contribution is -2.31. The zero-order chi connectivity index (χ0) is 23.7. The number of nitrogens with zero attached hydrogens (tertiary/aromatic N) is 7. The van der Waals surface area contributed by atoms with Gasteiger partial charge in [0, 0.05) is 43.2 Å². The average Bonchev–Trinajstić information content (AvgIpc) is 3.50. The minimum atomic E-state index is 0.434. The maximum atomic E-state index is 5.36. The third-order valence-corrected chi connectivity index (χ3v) is 6.06. The summed E-state index contributed by atoms with van der Waals surface area (Å²) in [5, 5.41) is 7.90. The van der Waals surface area contributed by atoms with Gasteiger partial charge in [-0.15, -0.1) is 5.10 Å². The Kier molecular flexibility index (Phi) is 5.89. The number of nitrogens with one attached hydrogen (secondary N) is 1. The summed E-state index contributed by atoms with van der Waals surface area (Å²) in [6.45, 7) is 1.99. The molecule has 5 heterocycles. The summed E-state index contributed by atoms with van der Waals surface area (Å²) in [6, 6.07) is 12.2. The van der Waals surface area contributed by atoms with Crippen molar-refractivity contribution in [3.05, 3.63) is 48.8 Å². The monoisotopic (exact) mass is 460 g/mol. The van der Waals surface area contributed by atoms with Gasteiger partial charge in [-0.3, -0.25) is 0 Å². The predicted molar refractivity (Wildman–Crippen MR) is 131 cm³/mol. The Labute approximate surface area is 198 Å². The molecule has 1 fully saturated rings. The predicted octanol–water partition coefficient (Wildman–Crippen LogP) is 3.09. The molecular formula is C24H28N8O2. The molecule has 34 heavy (non-hydrogen) atoms. The minimum absolute atomic E-state index is 0.434.